The summed E-state index contributed by atoms with van der Waals surface area (Å²) in [6.07, 6.45) is 1.90. The molecule has 1 aromatic carbocycles. The molecule has 1 amide bonds. The summed E-state index contributed by atoms with van der Waals surface area (Å²) in [5.41, 5.74) is 1.79. The minimum atomic E-state index is -1.40. The van der Waals surface area contributed by atoms with Gasteiger partial charge in [0.15, 0.2) is 0 Å². The van der Waals surface area contributed by atoms with Crippen molar-refractivity contribution in [1.29, 1.82) is 0 Å². The van der Waals surface area contributed by atoms with Gasteiger partial charge in [-0.3, -0.25) is 9.69 Å². The Labute approximate surface area is 139 Å². The number of hydrogen-bond acceptors (Lipinski definition) is 5. The zero-order valence-electron chi connectivity index (χ0n) is 13.4. The van der Waals surface area contributed by atoms with E-state index in [1.165, 1.54) is 4.90 Å². The number of aromatic nitrogens is 3. The van der Waals surface area contributed by atoms with E-state index in [1.807, 2.05) is 43.5 Å². The summed E-state index contributed by atoms with van der Waals surface area (Å²) in [5, 5.41) is 17.2. The number of hydrogen-bond donors (Lipinski definition) is 1. The molecule has 3 rings (SSSR count). The van der Waals surface area contributed by atoms with Crippen LogP contribution in [0.5, 0.6) is 0 Å². The average molecular weight is 329 g/mol. The zero-order chi connectivity index (χ0) is 17.1. The van der Waals surface area contributed by atoms with Gasteiger partial charge >= 0.3 is 11.9 Å². The molecule has 0 saturated carbocycles. The number of rotatable bonds is 3. The maximum Gasteiger partial charge on any atom is 0.394 e. The monoisotopic (exact) mass is 329 g/mol. The number of nitrogens with zero attached hydrogens (tertiary/aromatic N) is 5. The molecule has 1 aromatic heterocycles. The van der Waals surface area contributed by atoms with E-state index in [0.717, 1.165) is 11.4 Å². The van der Waals surface area contributed by atoms with Crippen molar-refractivity contribution in [3.63, 3.8) is 0 Å². The first-order valence-corrected chi connectivity index (χ1v) is 7.80. The first-order chi connectivity index (χ1) is 11.6. The zero-order valence-corrected chi connectivity index (χ0v) is 13.4. The van der Waals surface area contributed by atoms with Gasteiger partial charge in [-0.2, -0.15) is 0 Å². The normalized spacial score (nSPS) is 16.8. The van der Waals surface area contributed by atoms with Crippen molar-refractivity contribution in [3.05, 3.63) is 42.2 Å². The second kappa shape index (κ2) is 6.79. The van der Waals surface area contributed by atoms with E-state index < -0.39 is 11.9 Å². The van der Waals surface area contributed by atoms with Gasteiger partial charge in [0.1, 0.15) is 0 Å². The summed E-state index contributed by atoms with van der Waals surface area (Å²) >= 11 is 0. The Kier molecular flexibility index (Phi) is 4.57. The SMILES string of the molecule is CC(c1cn(-c2ccccc2)nn1)N1CCN(C(=O)C(=O)O)CC1. The van der Waals surface area contributed by atoms with Crippen molar-refractivity contribution in [1.82, 2.24) is 24.8 Å². The number of amides is 1. The first-order valence-electron chi connectivity index (χ1n) is 7.80. The molecular formula is C16H19N5O3. The third-order valence-corrected chi connectivity index (χ3v) is 4.29. The Morgan fingerprint density at radius 2 is 1.79 bits per heavy atom. The van der Waals surface area contributed by atoms with Gasteiger partial charge in [0.25, 0.3) is 0 Å². The molecule has 1 saturated heterocycles. The van der Waals surface area contributed by atoms with Crippen molar-refractivity contribution < 1.29 is 14.7 Å². The van der Waals surface area contributed by atoms with Crippen LogP contribution >= 0.6 is 0 Å². The molecule has 1 N–H and O–H groups in total. The van der Waals surface area contributed by atoms with Crippen LogP contribution < -0.4 is 0 Å². The van der Waals surface area contributed by atoms with E-state index in [1.54, 1.807) is 4.68 Å². The molecule has 0 radical (unpaired) electrons. The number of carbonyl (C=O) groups is 2. The minimum absolute atomic E-state index is 0.0459. The highest BCUT2D eigenvalue weighted by Gasteiger charge is 2.28. The van der Waals surface area contributed by atoms with Crippen molar-refractivity contribution in [3.8, 4) is 5.69 Å². The molecule has 8 heteroatoms. The molecule has 0 aliphatic carbocycles. The second-order valence-corrected chi connectivity index (χ2v) is 5.73. The lowest BCUT2D eigenvalue weighted by Crippen LogP contribution is -2.51. The summed E-state index contributed by atoms with van der Waals surface area (Å²) in [4.78, 5) is 25.8. The van der Waals surface area contributed by atoms with Crippen LogP contribution in [0.2, 0.25) is 0 Å². The van der Waals surface area contributed by atoms with Crippen molar-refractivity contribution in [2.75, 3.05) is 26.2 Å². The van der Waals surface area contributed by atoms with Gasteiger partial charge in [0.05, 0.1) is 23.6 Å². The van der Waals surface area contributed by atoms with Gasteiger partial charge in [0.2, 0.25) is 0 Å². The Bertz CT molecular complexity index is 722. The number of carboxylic acids is 1. The fraction of sp³-hybridized carbons (Fsp3) is 0.375. The third kappa shape index (κ3) is 3.28. The standard InChI is InChI=1S/C16H19N5O3/c1-12(19-7-9-20(10-8-19)15(22)16(23)24)14-11-21(18-17-14)13-5-3-2-4-6-13/h2-6,11-12H,7-10H2,1H3,(H,23,24). The largest absolute Gasteiger partial charge is 0.474 e. The predicted octanol–water partition coefficient (Wildman–Crippen LogP) is 0.557. The molecule has 0 spiro atoms. The van der Waals surface area contributed by atoms with Crippen LogP contribution in [-0.4, -0.2) is 68.0 Å². The highest BCUT2D eigenvalue weighted by molar-refractivity contribution is 6.31. The number of carbonyl (C=O) groups excluding carboxylic acids is 1. The van der Waals surface area contributed by atoms with E-state index >= 15 is 0 Å². The van der Waals surface area contributed by atoms with Gasteiger partial charge in [-0.05, 0) is 19.1 Å². The lowest BCUT2D eigenvalue weighted by Gasteiger charge is -2.36. The summed E-state index contributed by atoms with van der Waals surface area (Å²) in [6, 6.07) is 9.79. The lowest BCUT2D eigenvalue weighted by molar-refractivity contribution is -0.157. The Balaban J connectivity index is 1.64. The quantitative estimate of drug-likeness (QED) is 0.827. The van der Waals surface area contributed by atoms with Crippen LogP contribution in [0.4, 0.5) is 0 Å². The van der Waals surface area contributed by atoms with Crippen LogP contribution in [0.15, 0.2) is 36.5 Å². The lowest BCUT2D eigenvalue weighted by atomic mass is 10.2. The first kappa shape index (κ1) is 16.1. The summed E-state index contributed by atoms with van der Waals surface area (Å²) < 4.78 is 1.73. The van der Waals surface area contributed by atoms with Crippen LogP contribution in [0.25, 0.3) is 5.69 Å². The molecule has 8 nitrogen and oxygen atoms in total. The molecule has 1 fully saturated rings. The van der Waals surface area contributed by atoms with E-state index in [2.05, 4.69) is 15.2 Å². The molecule has 126 valence electrons. The van der Waals surface area contributed by atoms with Crippen LogP contribution in [-0.2, 0) is 9.59 Å². The molecule has 2 heterocycles. The molecule has 2 aromatic rings. The van der Waals surface area contributed by atoms with Gasteiger partial charge in [0, 0.05) is 26.2 Å². The number of piperazine rings is 1. The van der Waals surface area contributed by atoms with Gasteiger partial charge in [-0.25, -0.2) is 9.48 Å². The number of carboxylic acid groups (broad SMARTS) is 1. The number of aliphatic carboxylic acids is 1. The second-order valence-electron chi connectivity index (χ2n) is 5.73. The molecule has 24 heavy (non-hydrogen) atoms. The fourth-order valence-corrected chi connectivity index (χ4v) is 2.81. The molecule has 0 bridgehead atoms. The van der Waals surface area contributed by atoms with Crippen LogP contribution in [0.3, 0.4) is 0 Å². The van der Waals surface area contributed by atoms with Crippen molar-refractivity contribution >= 4 is 11.9 Å². The Hall–Kier alpha value is -2.74. The molecule has 1 unspecified atom stereocenters. The van der Waals surface area contributed by atoms with Gasteiger partial charge < -0.3 is 10.0 Å². The summed E-state index contributed by atoms with van der Waals surface area (Å²) in [6.45, 7) is 4.06. The number of benzene rings is 1. The smallest absolute Gasteiger partial charge is 0.394 e. The summed E-state index contributed by atoms with van der Waals surface area (Å²) in [7, 11) is 0. The maximum atomic E-state index is 11.5. The topological polar surface area (TPSA) is 91.6 Å². The van der Waals surface area contributed by atoms with Crippen molar-refractivity contribution in [2.24, 2.45) is 0 Å². The predicted molar refractivity (Wildman–Crippen MR) is 85.6 cm³/mol. The minimum Gasteiger partial charge on any atom is -0.474 e. The maximum absolute atomic E-state index is 11.5. The number of para-hydroxylation sites is 1. The van der Waals surface area contributed by atoms with E-state index in [4.69, 9.17) is 5.11 Å². The molecule has 1 aliphatic rings. The van der Waals surface area contributed by atoms with Crippen LogP contribution in [0.1, 0.15) is 18.7 Å². The Morgan fingerprint density at radius 3 is 2.42 bits per heavy atom. The fourth-order valence-electron chi connectivity index (χ4n) is 2.81. The van der Waals surface area contributed by atoms with Crippen molar-refractivity contribution in [2.45, 2.75) is 13.0 Å². The van der Waals surface area contributed by atoms with E-state index in [0.29, 0.717) is 26.2 Å². The third-order valence-electron chi connectivity index (χ3n) is 4.29. The highest BCUT2D eigenvalue weighted by atomic mass is 16.4. The van der Waals surface area contributed by atoms with Gasteiger partial charge in [-0.1, -0.05) is 23.4 Å². The average Bonchev–Trinajstić information content (AvgIpc) is 3.11. The van der Waals surface area contributed by atoms with E-state index in [-0.39, 0.29) is 6.04 Å². The van der Waals surface area contributed by atoms with Gasteiger partial charge in [-0.15, -0.1) is 5.10 Å². The highest BCUT2D eigenvalue weighted by Crippen LogP contribution is 2.20. The van der Waals surface area contributed by atoms with E-state index in [9.17, 15) is 9.59 Å². The molecular weight excluding hydrogens is 310 g/mol. The molecule has 1 aliphatic heterocycles. The Morgan fingerprint density at radius 1 is 1.12 bits per heavy atom. The summed E-state index contributed by atoms with van der Waals surface area (Å²) in [5.74, 6) is -2.24. The van der Waals surface area contributed by atoms with Crippen LogP contribution in [0, 0.1) is 0 Å². The molecule has 1 atom stereocenters.